The van der Waals surface area contributed by atoms with Gasteiger partial charge in [-0.1, -0.05) is 0 Å². The van der Waals surface area contributed by atoms with Gasteiger partial charge in [0.15, 0.2) is 0 Å². The third kappa shape index (κ3) is 12.3. The number of hydrogen-bond donors (Lipinski definition) is 4. The van der Waals surface area contributed by atoms with Gasteiger partial charge in [-0.05, 0) is 36.7 Å². The summed E-state index contributed by atoms with van der Waals surface area (Å²) >= 11 is 1.80. The average molecular weight is 791 g/mol. The van der Waals surface area contributed by atoms with Crippen LogP contribution in [0, 0.1) is 13.8 Å². The van der Waals surface area contributed by atoms with E-state index in [-0.39, 0.29) is 49.3 Å². The maximum atomic E-state index is 12.3. The number of ether oxygens (including phenoxy) is 4. The molecule has 26 heteroatoms. The Morgan fingerprint density at radius 1 is 0.686 bits per heavy atom. The van der Waals surface area contributed by atoms with Crippen molar-refractivity contribution < 1.29 is 55.0 Å². The van der Waals surface area contributed by atoms with E-state index < -0.39 is 43.9 Å². The summed E-state index contributed by atoms with van der Waals surface area (Å²) in [5.41, 5.74) is 5.29. The smallest absolute Gasteiger partial charge is 0.349 e. The lowest BCUT2D eigenvalue weighted by atomic mass is 10.5. The van der Waals surface area contributed by atoms with Gasteiger partial charge in [-0.25, -0.2) is 40.7 Å². The standard InChI is InChI=1S/C12H13N5O6S2.C8H9NO5S2.C5H8N4O/c1-6-13-10(16-12(14-6)23-3)15-11(19)17-25(20,21)7-4-5-24-8(7)9(18)22-2;1-5(10)9-16(12,13)6-3-4-15-7(6)8(11)14-2;1-3-7-4(6)9-5(8-3)10-2/h4-5H,1-3H3,(H2,13,14,15,16,17,19);3-4H,1-2H3,(H,9,10);1-2H3,(H2,6,7,8,9). The Morgan fingerprint density at radius 3 is 1.57 bits per heavy atom. The van der Waals surface area contributed by atoms with Gasteiger partial charge in [-0.15, -0.1) is 22.7 Å². The van der Waals surface area contributed by atoms with E-state index >= 15 is 0 Å². The number of hydrogen-bond acceptors (Lipinski definition) is 21. The number of nitrogens with one attached hydrogen (secondary N) is 3. The Morgan fingerprint density at radius 2 is 1.14 bits per heavy atom. The lowest BCUT2D eigenvalue weighted by Gasteiger charge is -2.08. The largest absolute Gasteiger partial charge is 0.467 e. The second-order valence-electron chi connectivity index (χ2n) is 8.85. The van der Waals surface area contributed by atoms with Crippen LogP contribution in [0.4, 0.5) is 16.7 Å². The van der Waals surface area contributed by atoms with Crippen LogP contribution in [0.25, 0.3) is 0 Å². The number of thiophene rings is 2. The summed E-state index contributed by atoms with van der Waals surface area (Å²) in [4.78, 5) is 67.3. The normalized spacial score (nSPS) is 10.6. The number of nitrogens with zero attached hydrogens (tertiary/aromatic N) is 6. The van der Waals surface area contributed by atoms with Crippen LogP contribution >= 0.6 is 22.7 Å². The molecule has 4 aromatic rings. The van der Waals surface area contributed by atoms with Crippen molar-refractivity contribution in [2.45, 2.75) is 30.6 Å². The maximum absolute atomic E-state index is 12.3. The molecule has 0 aliphatic carbocycles. The Balaban J connectivity index is 0.000000295. The van der Waals surface area contributed by atoms with Crippen LogP contribution in [0.2, 0.25) is 0 Å². The van der Waals surface area contributed by atoms with E-state index in [0.29, 0.717) is 5.82 Å². The molecule has 3 amide bonds. The summed E-state index contributed by atoms with van der Waals surface area (Å²) in [7, 11) is -3.22. The van der Waals surface area contributed by atoms with Gasteiger partial charge in [0.2, 0.25) is 17.8 Å². The number of urea groups is 1. The molecule has 0 atom stereocenters. The third-order valence-corrected chi connectivity index (χ3v) is 10.0. The minimum absolute atomic E-state index is 0.0449. The van der Waals surface area contributed by atoms with Crippen molar-refractivity contribution in [3.63, 3.8) is 0 Å². The molecule has 0 spiro atoms. The number of carbonyl (C=O) groups excluding carboxylic acids is 4. The minimum atomic E-state index is -4.30. The first-order valence-corrected chi connectivity index (χ1v) is 18.1. The van der Waals surface area contributed by atoms with E-state index in [2.05, 4.69) is 44.7 Å². The summed E-state index contributed by atoms with van der Waals surface area (Å²) in [6.07, 6.45) is 0. The van der Waals surface area contributed by atoms with Crippen molar-refractivity contribution >= 4 is 78.5 Å². The number of rotatable bonds is 9. The first-order valence-electron chi connectivity index (χ1n) is 13.3. The van der Waals surface area contributed by atoms with E-state index in [0.717, 1.165) is 43.8 Å². The predicted octanol–water partition coefficient (Wildman–Crippen LogP) is 0.677. The molecule has 5 N–H and O–H groups in total. The lowest BCUT2D eigenvalue weighted by Crippen LogP contribution is -2.35. The summed E-state index contributed by atoms with van der Waals surface area (Å²) in [5, 5.41) is 4.97. The second kappa shape index (κ2) is 18.4. The Hall–Kier alpha value is -5.60. The van der Waals surface area contributed by atoms with E-state index in [9.17, 15) is 36.0 Å². The molecule has 51 heavy (non-hydrogen) atoms. The molecule has 0 aliphatic heterocycles. The van der Waals surface area contributed by atoms with Crippen LogP contribution in [0.3, 0.4) is 0 Å². The fourth-order valence-corrected chi connectivity index (χ4v) is 7.79. The number of nitrogens with two attached hydrogens (primary N) is 1. The number of anilines is 2. The molecule has 0 unspecified atom stereocenters. The molecule has 0 radical (unpaired) electrons. The zero-order valence-corrected chi connectivity index (χ0v) is 30.9. The first-order chi connectivity index (χ1) is 23.9. The maximum Gasteiger partial charge on any atom is 0.349 e. The Kier molecular flexibility index (Phi) is 15.0. The van der Waals surface area contributed by atoms with Crippen molar-refractivity contribution in [2.75, 3.05) is 39.5 Å². The van der Waals surface area contributed by atoms with Gasteiger partial charge in [0.05, 0.1) is 28.4 Å². The van der Waals surface area contributed by atoms with Crippen LogP contribution in [0.5, 0.6) is 12.0 Å². The molecule has 0 aliphatic rings. The second-order valence-corrected chi connectivity index (χ2v) is 14.0. The van der Waals surface area contributed by atoms with Crippen LogP contribution < -0.4 is 30.0 Å². The van der Waals surface area contributed by atoms with E-state index in [4.69, 9.17) is 15.2 Å². The van der Waals surface area contributed by atoms with E-state index in [1.807, 2.05) is 0 Å². The van der Waals surface area contributed by atoms with Gasteiger partial charge < -0.3 is 24.7 Å². The van der Waals surface area contributed by atoms with Crippen molar-refractivity contribution in [3.8, 4) is 12.0 Å². The highest BCUT2D eigenvalue weighted by atomic mass is 32.2. The molecule has 22 nitrogen and oxygen atoms in total. The predicted molar refractivity (Wildman–Crippen MR) is 178 cm³/mol. The number of aryl methyl sites for hydroxylation is 2. The number of methoxy groups -OCH3 is 4. The van der Waals surface area contributed by atoms with Crippen molar-refractivity contribution in [1.82, 2.24) is 39.3 Å². The molecule has 4 rings (SSSR count). The average Bonchev–Trinajstić information content (AvgIpc) is 3.75. The molecule has 0 saturated heterocycles. The molecule has 4 aromatic heterocycles. The zero-order valence-electron chi connectivity index (χ0n) is 27.6. The minimum Gasteiger partial charge on any atom is -0.467 e. The van der Waals surface area contributed by atoms with Crippen LogP contribution in [-0.4, -0.2) is 99.1 Å². The van der Waals surface area contributed by atoms with Crippen LogP contribution in [0.15, 0.2) is 32.7 Å². The molecule has 276 valence electrons. The fraction of sp³-hybridized carbons (Fsp3) is 0.280. The summed E-state index contributed by atoms with van der Waals surface area (Å²) in [6, 6.07) is 1.52. The lowest BCUT2D eigenvalue weighted by molar-refractivity contribution is -0.117. The third-order valence-electron chi connectivity index (χ3n) is 5.15. The fourth-order valence-electron chi connectivity index (χ4n) is 3.22. The number of aromatic nitrogens is 6. The zero-order chi connectivity index (χ0) is 38.5. The highest BCUT2D eigenvalue weighted by molar-refractivity contribution is 7.90. The highest BCUT2D eigenvalue weighted by Crippen LogP contribution is 2.23. The number of sulfonamides is 2. The highest BCUT2D eigenvalue weighted by Gasteiger charge is 2.27. The van der Waals surface area contributed by atoms with Crippen molar-refractivity contribution in [3.05, 3.63) is 44.3 Å². The number of nitrogen functional groups attached to an aromatic ring is 1. The first kappa shape index (κ1) is 41.6. The van der Waals surface area contributed by atoms with Gasteiger partial charge in [0.25, 0.3) is 20.0 Å². The number of amides is 3. The quantitative estimate of drug-likeness (QED) is 0.169. The van der Waals surface area contributed by atoms with Gasteiger partial charge in [0.1, 0.15) is 31.2 Å². The molecule has 0 aromatic carbocycles. The Bertz CT molecular complexity index is 2080. The van der Waals surface area contributed by atoms with Crippen molar-refractivity contribution in [1.29, 1.82) is 0 Å². The summed E-state index contributed by atoms with van der Waals surface area (Å²) < 4.78 is 69.8. The molecule has 0 saturated carbocycles. The molecular weight excluding hydrogens is 761 g/mol. The monoisotopic (exact) mass is 790 g/mol. The van der Waals surface area contributed by atoms with Gasteiger partial charge >= 0.3 is 30.0 Å². The van der Waals surface area contributed by atoms with Gasteiger partial charge in [-0.3, -0.25) is 10.1 Å². The topological polar surface area (TPSA) is 313 Å². The van der Waals surface area contributed by atoms with Crippen LogP contribution in [-0.2, 0) is 34.3 Å². The molecular formula is C25H30N10O12S4. The molecule has 0 fully saturated rings. The number of carbonyl (C=O) groups is 4. The summed E-state index contributed by atoms with van der Waals surface area (Å²) in [5.74, 6) is -1.49. The Labute approximate surface area is 298 Å². The van der Waals surface area contributed by atoms with Crippen molar-refractivity contribution in [2.24, 2.45) is 0 Å². The molecule has 0 bridgehead atoms. The van der Waals surface area contributed by atoms with E-state index in [1.165, 1.54) is 44.0 Å². The SMILES string of the molecule is COC(=O)c1sccc1S(=O)(=O)NC(=O)Nc1nc(C)nc(OC)n1.COC(=O)c1sccc1S(=O)(=O)NC(C)=O.COc1nc(C)nc(N)n1. The van der Waals surface area contributed by atoms with E-state index in [1.54, 1.807) is 16.4 Å². The summed E-state index contributed by atoms with van der Waals surface area (Å²) in [6.45, 7) is 4.33. The van der Waals surface area contributed by atoms with Gasteiger partial charge in [-0.2, -0.15) is 29.9 Å². The molecule has 4 heterocycles. The van der Waals surface area contributed by atoms with Crippen LogP contribution in [0.1, 0.15) is 37.9 Å². The number of esters is 2. The van der Waals surface area contributed by atoms with Gasteiger partial charge in [0, 0.05) is 6.92 Å².